The van der Waals surface area contributed by atoms with E-state index in [1.165, 1.54) is 23.0 Å². The van der Waals surface area contributed by atoms with Gasteiger partial charge in [0, 0.05) is 0 Å². The van der Waals surface area contributed by atoms with Gasteiger partial charge in [-0.15, -0.1) is 0 Å². The lowest BCUT2D eigenvalue weighted by atomic mass is 9.96. The van der Waals surface area contributed by atoms with Crippen molar-refractivity contribution in [3.63, 3.8) is 0 Å². The monoisotopic (exact) mass is 287 g/mol. The van der Waals surface area contributed by atoms with Crippen molar-refractivity contribution in [3.8, 4) is 0 Å². The van der Waals surface area contributed by atoms with Gasteiger partial charge in [-0.2, -0.15) is 0 Å². The standard InChI is InChI=1S/C15H14FN3O2/c16-11-3-1-10(2-4-11)12-5-6-13-14(18-12)15(21)19(7-8-20)9-17-13/h1-4,8-9,12,18H,5-7H2/t12-/m0/s1. The van der Waals surface area contributed by atoms with Gasteiger partial charge >= 0.3 is 0 Å². The molecule has 0 amide bonds. The summed E-state index contributed by atoms with van der Waals surface area (Å²) in [6.07, 6.45) is 3.51. The van der Waals surface area contributed by atoms with Gasteiger partial charge in [0.2, 0.25) is 0 Å². The number of aldehydes is 1. The van der Waals surface area contributed by atoms with Crippen molar-refractivity contribution in [2.24, 2.45) is 0 Å². The third-order valence-corrected chi connectivity index (χ3v) is 3.65. The summed E-state index contributed by atoms with van der Waals surface area (Å²) in [7, 11) is 0. The molecule has 1 aromatic carbocycles. The Kier molecular flexibility index (Phi) is 3.51. The van der Waals surface area contributed by atoms with E-state index in [1.807, 2.05) is 0 Å². The minimum absolute atomic E-state index is 0.0119. The molecule has 1 aliphatic rings. The van der Waals surface area contributed by atoms with Crippen LogP contribution in [-0.4, -0.2) is 15.8 Å². The van der Waals surface area contributed by atoms with Crippen LogP contribution in [0.2, 0.25) is 0 Å². The Labute approximate surface area is 120 Å². The van der Waals surface area contributed by atoms with Crippen molar-refractivity contribution in [2.45, 2.75) is 25.4 Å². The predicted octanol–water partition coefficient (Wildman–Crippen LogP) is 1.68. The number of nitrogens with zero attached hydrogens (tertiary/aromatic N) is 2. The Balaban J connectivity index is 1.93. The number of hydrogen-bond donors (Lipinski definition) is 1. The highest BCUT2D eigenvalue weighted by Gasteiger charge is 2.23. The van der Waals surface area contributed by atoms with Crippen LogP contribution < -0.4 is 10.9 Å². The summed E-state index contributed by atoms with van der Waals surface area (Å²) in [5.41, 5.74) is 1.81. The molecular formula is C15H14FN3O2. The smallest absolute Gasteiger partial charge is 0.277 e. The summed E-state index contributed by atoms with van der Waals surface area (Å²) in [6.45, 7) is -0.0119. The van der Waals surface area contributed by atoms with Gasteiger partial charge in [0.25, 0.3) is 5.56 Å². The highest BCUT2D eigenvalue weighted by atomic mass is 19.1. The van der Waals surface area contributed by atoms with E-state index in [4.69, 9.17) is 0 Å². The Morgan fingerprint density at radius 3 is 2.86 bits per heavy atom. The molecule has 3 rings (SSSR count). The first-order valence-corrected chi connectivity index (χ1v) is 6.73. The van der Waals surface area contributed by atoms with Crippen LogP contribution in [0, 0.1) is 5.82 Å². The molecule has 0 bridgehead atoms. The van der Waals surface area contributed by atoms with E-state index in [2.05, 4.69) is 10.3 Å². The Hall–Kier alpha value is -2.50. The number of hydrogen-bond acceptors (Lipinski definition) is 4. The second-order valence-electron chi connectivity index (χ2n) is 4.98. The summed E-state index contributed by atoms with van der Waals surface area (Å²) in [4.78, 5) is 27.1. The van der Waals surface area contributed by atoms with Gasteiger partial charge in [-0.05, 0) is 30.5 Å². The molecule has 1 aromatic heterocycles. The van der Waals surface area contributed by atoms with E-state index in [9.17, 15) is 14.0 Å². The van der Waals surface area contributed by atoms with E-state index in [-0.39, 0.29) is 24.0 Å². The molecule has 2 aromatic rings. The van der Waals surface area contributed by atoms with Gasteiger partial charge in [0.15, 0.2) is 0 Å². The maximum absolute atomic E-state index is 13.0. The normalized spacial score (nSPS) is 16.9. The number of fused-ring (bicyclic) bond motifs is 1. The highest BCUT2D eigenvalue weighted by molar-refractivity contribution is 5.53. The van der Waals surface area contributed by atoms with E-state index >= 15 is 0 Å². The molecule has 0 saturated carbocycles. The third kappa shape index (κ3) is 2.56. The van der Waals surface area contributed by atoms with Crippen LogP contribution in [-0.2, 0) is 17.8 Å². The summed E-state index contributed by atoms with van der Waals surface area (Å²) in [5, 5.41) is 3.17. The van der Waals surface area contributed by atoms with Gasteiger partial charge in [-0.25, -0.2) is 9.37 Å². The maximum atomic E-state index is 13.0. The first kappa shape index (κ1) is 13.5. The fourth-order valence-electron chi connectivity index (χ4n) is 2.54. The molecule has 108 valence electrons. The van der Waals surface area contributed by atoms with Crippen LogP contribution in [0.1, 0.15) is 23.7 Å². The average Bonchev–Trinajstić information content (AvgIpc) is 2.51. The third-order valence-electron chi connectivity index (χ3n) is 3.65. The zero-order valence-corrected chi connectivity index (χ0v) is 11.3. The van der Waals surface area contributed by atoms with Gasteiger partial charge in [0.1, 0.15) is 17.8 Å². The van der Waals surface area contributed by atoms with Crippen molar-refractivity contribution in [2.75, 3.05) is 5.32 Å². The molecule has 6 heteroatoms. The minimum atomic E-state index is -0.287. The van der Waals surface area contributed by atoms with Crippen molar-refractivity contribution in [1.29, 1.82) is 0 Å². The zero-order valence-electron chi connectivity index (χ0n) is 11.3. The van der Waals surface area contributed by atoms with E-state index in [0.29, 0.717) is 24.1 Å². The topological polar surface area (TPSA) is 64.0 Å². The van der Waals surface area contributed by atoms with Crippen LogP contribution in [0.25, 0.3) is 0 Å². The maximum Gasteiger partial charge on any atom is 0.277 e. The Morgan fingerprint density at radius 2 is 2.14 bits per heavy atom. The molecule has 0 aliphatic carbocycles. The van der Waals surface area contributed by atoms with Crippen LogP contribution >= 0.6 is 0 Å². The van der Waals surface area contributed by atoms with Crippen LogP contribution in [0.15, 0.2) is 35.4 Å². The van der Waals surface area contributed by atoms with Crippen molar-refractivity contribution >= 4 is 12.0 Å². The second kappa shape index (κ2) is 5.47. The molecule has 1 aliphatic heterocycles. The molecule has 2 heterocycles. The van der Waals surface area contributed by atoms with Crippen molar-refractivity contribution in [3.05, 3.63) is 58.0 Å². The SMILES string of the molecule is O=CCn1cnc2c(c1=O)N[C@H](c1ccc(F)cc1)CC2. The molecule has 1 atom stereocenters. The summed E-state index contributed by atoms with van der Waals surface area (Å²) >= 11 is 0. The molecule has 5 nitrogen and oxygen atoms in total. The molecule has 0 saturated heterocycles. The Morgan fingerprint density at radius 1 is 1.38 bits per heavy atom. The lowest BCUT2D eigenvalue weighted by Crippen LogP contribution is -2.31. The first-order chi connectivity index (χ1) is 10.2. The number of aryl methyl sites for hydroxylation is 1. The van der Waals surface area contributed by atoms with E-state index in [0.717, 1.165) is 12.0 Å². The van der Waals surface area contributed by atoms with E-state index in [1.54, 1.807) is 12.1 Å². The molecular weight excluding hydrogens is 273 g/mol. The lowest BCUT2D eigenvalue weighted by Gasteiger charge is -2.26. The fraction of sp³-hybridized carbons (Fsp3) is 0.267. The minimum Gasteiger partial charge on any atom is -0.372 e. The summed E-state index contributed by atoms with van der Waals surface area (Å²) in [5.74, 6) is -0.287. The molecule has 1 N–H and O–H groups in total. The van der Waals surface area contributed by atoms with Crippen LogP contribution in [0.4, 0.5) is 10.1 Å². The van der Waals surface area contributed by atoms with Gasteiger partial charge < -0.3 is 10.1 Å². The zero-order chi connectivity index (χ0) is 14.8. The molecule has 0 fully saturated rings. The number of aromatic nitrogens is 2. The summed E-state index contributed by atoms with van der Waals surface area (Å²) in [6, 6.07) is 6.16. The number of anilines is 1. The number of rotatable bonds is 3. The van der Waals surface area contributed by atoms with Crippen molar-refractivity contribution in [1.82, 2.24) is 9.55 Å². The predicted molar refractivity (Wildman–Crippen MR) is 75.6 cm³/mol. The van der Waals surface area contributed by atoms with Crippen LogP contribution in [0.3, 0.4) is 0 Å². The molecule has 21 heavy (non-hydrogen) atoms. The summed E-state index contributed by atoms with van der Waals surface area (Å²) < 4.78 is 14.2. The first-order valence-electron chi connectivity index (χ1n) is 6.73. The second-order valence-corrected chi connectivity index (χ2v) is 4.98. The highest BCUT2D eigenvalue weighted by Crippen LogP contribution is 2.29. The average molecular weight is 287 g/mol. The molecule has 0 unspecified atom stereocenters. The Bertz CT molecular complexity index is 725. The van der Waals surface area contributed by atoms with E-state index < -0.39 is 0 Å². The number of carbonyl (C=O) groups excluding carboxylic acids is 1. The number of nitrogens with one attached hydrogen (secondary N) is 1. The quantitative estimate of drug-likeness (QED) is 0.872. The van der Waals surface area contributed by atoms with Crippen LogP contribution in [0.5, 0.6) is 0 Å². The molecule has 0 radical (unpaired) electrons. The largest absolute Gasteiger partial charge is 0.372 e. The lowest BCUT2D eigenvalue weighted by molar-refractivity contribution is -0.108. The van der Waals surface area contributed by atoms with Gasteiger partial charge in [-0.1, -0.05) is 12.1 Å². The number of benzene rings is 1. The number of carbonyl (C=O) groups is 1. The van der Waals surface area contributed by atoms with Gasteiger partial charge in [0.05, 0.1) is 24.6 Å². The van der Waals surface area contributed by atoms with Crippen molar-refractivity contribution < 1.29 is 9.18 Å². The molecule has 0 spiro atoms. The fourth-order valence-corrected chi connectivity index (χ4v) is 2.54. The van der Waals surface area contributed by atoms with Gasteiger partial charge in [-0.3, -0.25) is 9.36 Å². The number of halogens is 1.